The molecule has 112 valence electrons. The molecule has 5 nitrogen and oxygen atoms in total. The van der Waals surface area contributed by atoms with Crippen molar-refractivity contribution < 1.29 is 5.11 Å². The number of hydrogen-bond acceptors (Lipinski definition) is 4. The molecule has 0 aliphatic heterocycles. The van der Waals surface area contributed by atoms with Gasteiger partial charge in [-0.3, -0.25) is 4.79 Å². The molecule has 1 aromatic heterocycles. The number of aliphatic hydroxyl groups excluding tert-OH is 1. The minimum absolute atomic E-state index is 0.0957. The Labute approximate surface area is 128 Å². The average Bonchev–Trinajstić information content (AvgIpc) is 2.48. The maximum absolute atomic E-state index is 11.9. The third-order valence-electron chi connectivity index (χ3n) is 3.08. The summed E-state index contributed by atoms with van der Waals surface area (Å²) in [5.41, 5.74) is 1.32. The predicted molar refractivity (Wildman–Crippen MR) is 83.8 cm³/mol. The van der Waals surface area contributed by atoms with Crippen LogP contribution < -0.4 is 10.9 Å². The van der Waals surface area contributed by atoms with Gasteiger partial charge in [-0.15, -0.1) is 0 Å². The van der Waals surface area contributed by atoms with E-state index in [0.29, 0.717) is 5.69 Å². The van der Waals surface area contributed by atoms with Crippen molar-refractivity contribution >= 4 is 17.3 Å². The largest absolute Gasteiger partial charge is 0.394 e. The van der Waals surface area contributed by atoms with Gasteiger partial charge >= 0.3 is 0 Å². The molecule has 1 unspecified atom stereocenters. The van der Waals surface area contributed by atoms with Gasteiger partial charge in [0.1, 0.15) is 5.02 Å². The van der Waals surface area contributed by atoms with Crippen LogP contribution in [0.3, 0.4) is 0 Å². The number of anilines is 1. The summed E-state index contributed by atoms with van der Waals surface area (Å²) < 4.78 is 1.15. The van der Waals surface area contributed by atoms with Gasteiger partial charge in [-0.2, -0.15) is 5.10 Å². The summed E-state index contributed by atoms with van der Waals surface area (Å²) >= 11 is 6.06. The third-order valence-corrected chi connectivity index (χ3v) is 3.45. The van der Waals surface area contributed by atoms with Crippen molar-refractivity contribution in [3.05, 3.63) is 57.5 Å². The first-order chi connectivity index (χ1) is 10.1. The summed E-state index contributed by atoms with van der Waals surface area (Å²) in [5.74, 6) is 0. The van der Waals surface area contributed by atoms with Crippen LogP contribution >= 0.6 is 11.6 Å². The third kappa shape index (κ3) is 4.06. The van der Waals surface area contributed by atoms with Crippen molar-refractivity contribution in [3.63, 3.8) is 0 Å². The van der Waals surface area contributed by atoms with Gasteiger partial charge in [0.15, 0.2) is 0 Å². The highest BCUT2D eigenvalue weighted by Crippen LogP contribution is 2.17. The molecule has 0 saturated heterocycles. The van der Waals surface area contributed by atoms with Gasteiger partial charge in [0.05, 0.1) is 25.0 Å². The lowest BCUT2D eigenvalue weighted by atomic mass is 10.1. The molecule has 2 N–H and O–H groups in total. The molecule has 0 radical (unpaired) electrons. The van der Waals surface area contributed by atoms with E-state index in [0.717, 1.165) is 11.1 Å². The van der Waals surface area contributed by atoms with Crippen molar-refractivity contribution in [1.82, 2.24) is 9.78 Å². The van der Waals surface area contributed by atoms with Crippen LogP contribution in [0.4, 0.5) is 5.69 Å². The maximum Gasteiger partial charge on any atom is 0.287 e. The van der Waals surface area contributed by atoms with Gasteiger partial charge in [-0.05, 0) is 18.9 Å². The highest BCUT2D eigenvalue weighted by molar-refractivity contribution is 6.32. The van der Waals surface area contributed by atoms with E-state index in [1.165, 1.54) is 11.8 Å². The lowest BCUT2D eigenvalue weighted by molar-refractivity contribution is 0.266. The van der Waals surface area contributed by atoms with Gasteiger partial charge in [0.25, 0.3) is 5.56 Å². The standard InChI is InChI=1S/C15H18ClN3O2/c1-11(9-12-5-3-2-4-6-12)18-13-10-17-19(7-8-20)15(21)14(13)16/h2-6,10-11,18,20H,7-9H2,1H3. The van der Waals surface area contributed by atoms with Crippen LogP contribution in [-0.2, 0) is 13.0 Å². The van der Waals surface area contributed by atoms with Crippen molar-refractivity contribution in [2.24, 2.45) is 0 Å². The highest BCUT2D eigenvalue weighted by atomic mass is 35.5. The van der Waals surface area contributed by atoms with Crippen molar-refractivity contribution in [2.75, 3.05) is 11.9 Å². The summed E-state index contributed by atoms with van der Waals surface area (Å²) in [6.07, 6.45) is 2.33. The number of halogens is 1. The Morgan fingerprint density at radius 1 is 1.38 bits per heavy atom. The Kier molecular flexibility index (Phi) is 5.36. The summed E-state index contributed by atoms with van der Waals surface area (Å²) in [4.78, 5) is 11.9. The Morgan fingerprint density at radius 2 is 2.10 bits per heavy atom. The van der Waals surface area contributed by atoms with Crippen LogP contribution in [0.15, 0.2) is 41.3 Å². The van der Waals surface area contributed by atoms with Gasteiger partial charge in [0.2, 0.25) is 0 Å². The number of aliphatic hydroxyl groups is 1. The number of nitrogens with one attached hydrogen (secondary N) is 1. The van der Waals surface area contributed by atoms with Crippen molar-refractivity contribution in [1.29, 1.82) is 0 Å². The number of benzene rings is 1. The number of rotatable bonds is 6. The molecule has 0 aliphatic carbocycles. The molecular weight excluding hydrogens is 290 g/mol. The second-order valence-corrected chi connectivity index (χ2v) is 5.24. The van der Waals surface area contributed by atoms with E-state index in [1.807, 2.05) is 25.1 Å². The summed E-state index contributed by atoms with van der Waals surface area (Å²) in [5, 5.41) is 16.1. The van der Waals surface area contributed by atoms with Crippen LogP contribution in [0.5, 0.6) is 0 Å². The first kappa shape index (κ1) is 15.5. The molecule has 0 amide bonds. The summed E-state index contributed by atoms with van der Waals surface area (Å²) in [7, 11) is 0. The van der Waals surface area contributed by atoms with Crippen LogP contribution in [0.1, 0.15) is 12.5 Å². The first-order valence-corrected chi connectivity index (χ1v) is 7.16. The molecule has 6 heteroatoms. The molecule has 0 bridgehead atoms. The molecule has 0 saturated carbocycles. The van der Waals surface area contributed by atoms with Gasteiger partial charge in [0, 0.05) is 6.04 Å². The molecule has 0 spiro atoms. The lowest BCUT2D eigenvalue weighted by Crippen LogP contribution is -2.27. The molecule has 2 aromatic rings. The van der Waals surface area contributed by atoms with E-state index in [2.05, 4.69) is 22.5 Å². The van der Waals surface area contributed by atoms with E-state index < -0.39 is 5.56 Å². The molecule has 2 rings (SSSR count). The summed E-state index contributed by atoms with van der Waals surface area (Å²) in [6.45, 7) is 2.00. The zero-order valence-electron chi connectivity index (χ0n) is 11.8. The molecular formula is C15H18ClN3O2. The lowest BCUT2D eigenvalue weighted by Gasteiger charge is -2.16. The zero-order valence-corrected chi connectivity index (χ0v) is 12.5. The fourth-order valence-corrected chi connectivity index (χ4v) is 2.30. The average molecular weight is 308 g/mol. The number of aromatic nitrogens is 2. The Morgan fingerprint density at radius 3 is 2.76 bits per heavy atom. The van der Waals surface area contributed by atoms with E-state index in [9.17, 15) is 4.79 Å². The van der Waals surface area contributed by atoms with Gasteiger partial charge < -0.3 is 10.4 Å². The zero-order chi connectivity index (χ0) is 15.2. The number of hydrogen-bond donors (Lipinski definition) is 2. The molecule has 1 aromatic carbocycles. The van der Waals surface area contributed by atoms with Crippen molar-refractivity contribution in [3.8, 4) is 0 Å². The second kappa shape index (κ2) is 7.24. The molecule has 0 aliphatic rings. The monoisotopic (exact) mass is 307 g/mol. The smallest absolute Gasteiger partial charge is 0.287 e. The van der Waals surface area contributed by atoms with Crippen molar-refractivity contribution in [2.45, 2.75) is 25.9 Å². The summed E-state index contributed by atoms with van der Waals surface area (Å²) in [6, 6.07) is 10.2. The minimum Gasteiger partial charge on any atom is -0.394 e. The van der Waals surface area contributed by atoms with Crippen LogP contribution in [-0.4, -0.2) is 27.5 Å². The topological polar surface area (TPSA) is 67.2 Å². The van der Waals surface area contributed by atoms with Crippen LogP contribution in [0.2, 0.25) is 5.02 Å². The predicted octanol–water partition coefficient (Wildman–Crippen LogP) is 1.93. The van der Waals surface area contributed by atoms with E-state index >= 15 is 0 Å². The Balaban J connectivity index is 2.09. The van der Waals surface area contributed by atoms with Crippen LogP contribution in [0, 0.1) is 0 Å². The van der Waals surface area contributed by atoms with E-state index in [1.54, 1.807) is 0 Å². The molecule has 1 atom stereocenters. The maximum atomic E-state index is 11.9. The van der Waals surface area contributed by atoms with Gasteiger partial charge in [-0.25, -0.2) is 4.68 Å². The van der Waals surface area contributed by atoms with Crippen LogP contribution in [0.25, 0.3) is 0 Å². The quantitative estimate of drug-likeness (QED) is 0.856. The molecule has 21 heavy (non-hydrogen) atoms. The first-order valence-electron chi connectivity index (χ1n) is 6.78. The SMILES string of the molecule is CC(Cc1ccccc1)Nc1cnn(CCO)c(=O)c1Cl. The van der Waals surface area contributed by atoms with E-state index in [4.69, 9.17) is 16.7 Å². The second-order valence-electron chi connectivity index (χ2n) is 4.86. The fourth-order valence-electron chi connectivity index (χ4n) is 2.10. The molecule has 1 heterocycles. The normalized spacial score (nSPS) is 12.1. The highest BCUT2D eigenvalue weighted by Gasteiger charge is 2.11. The Hall–Kier alpha value is -1.85. The van der Waals surface area contributed by atoms with E-state index in [-0.39, 0.29) is 24.2 Å². The Bertz CT molecular complexity index is 643. The minimum atomic E-state index is -0.400. The number of nitrogens with zero attached hydrogens (tertiary/aromatic N) is 2. The fraction of sp³-hybridized carbons (Fsp3) is 0.333. The molecule has 0 fully saturated rings. The van der Waals surface area contributed by atoms with Gasteiger partial charge in [-0.1, -0.05) is 41.9 Å².